The van der Waals surface area contributed by atoms with Crippen LogP contribution in [0.2, 0.25) is 0 Å². The second kappa shape index (κ2) is 4.06. The highest BCUT2D eigenvalue weighted by Gasteiger charge is 2.26. The summed E-state index contributed by atoms with van der Waals surface area (Å²) in [5, 5.41) is 0. The molecule has 0 heterocycles. The summed E-state index contributed by atoms with van der Waals surface area (Å²) in [4.78, 5) is 0. The maximum atomic E-state index is 11.5. The third kappa shape index (κ3) is 6.20. The van der Waals surface area contributed by atoms with Crippen molar-refractivity contribution in [3.8, 4) is 0 Å². The lowest BCUT2D eigenvalue weighted by molar-refractivity contribution is -0.137. The lowest BCUT2D eigenvalue weighted by Gasteiger charge is -2.08. The average molecular weight is 175 g/mol. The van der Waals surface area contributed by atoms with Crippen LogP contribution < -0.4 is 0 Å². The van der Waals surface area contributed by atoms with Crippen LogP contribution in [-0.4, -0.2) is 12.1 Å². The number of halogens is 4. The Morgan fingerprint density at radius 1 is 1.40 bits per heavy atom. The molecule has 0 aliphatic carbocycles. The van der Waals surface area contributed by atoms with Crippen molar-refractivity contribution in [2.45, 2.75) is 25.9 Å². The molecule has 0 fully saturated rings. The van der Waals surface area contributed by atoms with Crippen LogP contribution in [0.4, 0.5) is 13.2 Å². The van der Waals surface area contributed by atoms with E-state index >= 15 is 0 Å². The van der Waals surface area contributed by atoms with E-state index in [1.54, 1.807) is 6.92 Å². The van der Waals surface area contributed by atoms with E-state index in [2.05, 4.69) is 0 Å². The molecule has 0 nitrogen and oxygen atoms in total. The number of alkyl halides is 4. The molecule has 0 bridgehead atoms. The standard InChI is InChI=1S/C6H10ClF3/c1-5(4-7)2-3-6(8,9)10/h5H,2-4H2,1H3. The molecule has 4 heteroatoms. The number of hydrogen-bond donors (Lipinski definition) is 0. The molecule has 0 amide bonds. The Balaban J connectivity index is 3.36. The second-order valence-corrected chi connectivity index (χ2v) is 2.72. The van der Waals surface area contributed by atoms with Crippen LogP contribution in [-0.2, 0) is 0 Å². The fourth-order valence-electron chi connectivity index (χ4n) is 0.487. The van der Waals surface area contributed by atoms with Crippen molar-refractivity contribution in [3.63, 3.8) is 0 Å². The molecule has 1 atom stereocenters. The Kier molecular flexibility index (Phi) is 4.09. The minimum Gasteiger partial charge on any atom is -0.171 e. The van der Waals surface area contributed by atoms with Crippen molar-refractivity contribution in [2.75, 3.05) is 5.88 Å². The molecule has 0 saturated carbocycles. The highest BCUT2D eigenvalue weighted by Crippen LogP contribution is 2.24. The average Bonchev–Trinajstić information content (AvgIpc) is 1.81. The van der Waals surface area contributed by atoms with E-state index in [1.165, 1.54) is 0 Å². The van der Waals surface area contributed by atoms with Crippen molar-refractivity contribution in [3.05, 3.63) is 0 Å². The molecule has 0 aromatic heterocycles. The van der Waals surface area contributed by atoms with Gasteiger partial charge in [0.2, 0.25) is 0 Å². The summed E-state index contributed by atoms with van der Waals surface area (Å²) < 4.78 is 34.5. The highest BCUT2D eigenvalue weighted by molar-refractivity contribution is 6.18. The second-order valence-electron chi connectivity index (χ2n) is 2.41. The Hall–Kier alpha value is 0.0800. The molecule has 62 valence electrons. The van der Waals surface area contributed by atoms with Gasteiger partial charge in [-0.15, -0.1) is 11.6 Å². The van der Waals surface area contributed by atoms with Crippen LogP contribution in [0.15, 0.2) is 0 Å². The van der Waals surface area contributed by atoms with Crippen molar-refractivity contribution in [2.24, 2.45) is 5.92 Å². The summed E-state index contributed by atoms with van der Waals surface area (Å²) in [7, 11) is 0. The van der Waals surface area contributed by atoms with Gasteiger partial charge in [-0.05, 0) is 12.3 Å². The molecule has 1 unspecified atom stereocenters. The van der Waals surface area contributed by atoms with Gasteiger partial charge in [0, 0.05) is 12.3 Å². The third-order valence-electron chi connectivity index (χ3n) is 1.18. The summed E-state index contributed by atoms with van der Waals surface area (Å²) in [5.74, 6) is 0.263. The molecule has 10 heavy (non-hydrogen) atoms. The van der Waals surface area contributed by atoms with Crippen LogP contribution in [0.3, 0.4) is 0 Å². The maximum Gasteiger partial charge on any atom is 0.389 e. The molecule has 0 spiro atoms. The zero-order valence-corrected chi connectivity index (χ0v) is 6.47. The number of rotatable bonds is 3. The van der Waals surface area contributed by atoms with Gasteiger partial charge in [0.05, 0.1) is 0 Å². The Morgan fingerprint density at radius 2 is 1.90 bits per heavy atom. The van der Waals surface area contributed by atoms with E-state index in [1.807, 2.05) is 0 Å². The van der Waals surface area contributed by atoms with Crippen molar-refractivity contribution in [1.29, 1.82) is 0 Å². The maximum absolute atomic E-state index is 11.5. The predicted molar refractivity (Wildman–Crippen MR) is 35.2 cm³/mol. The molecular weight excluding hydrogens is 165 g/mol. The van der Waals surface area contributed by atoms with E-state index in [4.69, 9.17) is 11.6 Å². The van der Waals surface area contributed by atoms with Gasteiger partial charge in [0.25, 0.3) is 0 Å². The van der Waals surface area contributed by atoms with Gasteiger partial charge < -0.3 is 0 Å². The van der Waals surface area contributed by atoms with Crippen molar-refractivity contribution < 1.29 is 13.2 Å². The molecule has 0 radical (unpaired) electrons. The van der Waals surface area contributed by atoms with Gasteiger partial charge in [-0.3, -0.25) is 0 Å². The summed E-state index contributed by atoms with van der Waals surface area (Å²) >= 11 is 5.31. The monoisotopic (exact) mass is 174 g/mol. The quantitative estimate of drug-likeness (QED) is 0.577. The van der Waals surface area contributed by atoms with E-state index in [0.29, 0.717) is 5.88 Å². The summed E-state index contributed by atoms with van der Waals surface area (Å²) in [5.41, 5.74) is 0. The van der Waals surface area contributed by atoms with Gasteiger partial charge >= 0.3 is 6.18 Å². The predicted octanol–water partition coefficient (Wildman–Crippen LogP) is 3.20. The first-order valence-corrected chi connectivity index (χ1v) is 3.62. The fraction of sp³-hybridized carbons (Fsp3) is 1.00. The van der Waals surface area contributed by atoms with E-state index in [0.717, 1.165) is 0 Å². The zero-order valence-electron chi connectivity index (χ0n) is 5.71. The fourth-order valence-corrected chi connectivity index (χ4v) is 0.642. The van der Waals surface area contributed by atoms with Crippen molar-refractivity contribution in [1.82, 2.24) is 0 Å². The van der Waals surface area contributed by atoms with Gasteiger partial charge in [0.1, 0.15) is 0 Å². The minimum atomic E-state index is -4.03. The lowest BCUT2D eigenvalue weighted by atomic mass is 10.1. The third-order valence-corrected chi connectivity index (χ3v) is 1.71. The van der Waals surface area contributed by atoms with Crippen LogP contribution in [0.1, 0.15) is 19.8 Å². The van der Waals surface area contributed by atoms with Crippen LogP contribution in [0, 0.1) is 5.92 Å². The molecule has 0 aromatic carbocycles. The molecule has 0 aromatic rings. The Bertz CT molecular complexity index is 89.5. The summed E-state index contributed by atoms with van der Waals surface area (Å²) in [6, 6.07) is 0. The first-order valence-electron chi connectivity index (χ1n) is 3.08. The van der Waals surface area contributed by atoms with Crippen LogP contribution in [0.5, 0.6) is 0 Å². The Labute approximate surface area is 63.4 Å². The van der Waals surface area contributed by atoms with Crippen molar-refractivity contribution >= 4 is 11.6 Å². The van der Waals surface area contributed by atoms with E-state index in [9.17, 15) is 13.2 Å². The van der Waals surface area contributed by atoms with Gasteiger partial charge in [-0.1, -0.05) is 6.92 Å². The van der Waals surface area contributed by atoms with Crippen LogP contribution >= 0.6 is 11.6 Å². The van der Waals surface area contributed by atoms with E-state index in [-0.39, 0.29) is 12.3 Å². The van der Waals surface area contributed by atoms with Crippen LogP contribution in [0.25, 0.3) is 0 Å². The molecule has 0 aliphatic heterocycles. The topological polar surface area (TPSA) is 0 Å². The summed E-state index contributed by atoms with van der Waals surface area (Å²) in [6.07, 6.45) is -4.62. The van der Waals surface area contributed by atoms with E-state index < -0.39 is 12.6 Å². The molecule has 0 rings (SSSR count). The highest BCUT2D eigenvalue weighted by atomic mass is 35.5. The largest absolute Gasteiger partial charge is 0.389 e. The van der Waals surface area contributed by atoms with Gasteiger partial charge in [-0.2, -0.15) is 13.2 Å². The zero-order chi connectivity index (χ0) is 8.20. The SMILES string of the molecule is CC(CCl)CCC(F)(F)F. The first-order chi connectivity index (χ1) is 4.45. The number of hydrogen-bond acceptors (Lipinski definition) is 0. The molecule has 0 N–H and O–H groups in total. The Morgan fingerprint density at radius 3 is 2.20 bits per heavy atom. The molecule has 0 aliphatic rings. The lowest BCUT2D eigenvalue weighted by Crippen LogP contribution is -2.09. The van der Waals surface area contributed by atoms with Gasteiger partial charge in [-0.25, -0.2) is 0 Å². The molecular formula is C6H10ClF3. The molecule has 0 saturated heterocycles. The first kappa shape index (κ1) is 10.1. The minimum absolute atomic E-state index is 0.0386. The van der Waals surface area contributed by atoms with Gasteiger partial charge in [0.15, 0.2) is 0 Å². The normalized spacial score (nSPS) is 15.3. The smallest absolute Gasteiger partial charge is 0.171 e. The summed E-state index contributed by atoms with van der Waals surface area (Å²) in [6.45, 7) is 1.71.